The summed E-state index contributed by atoms with van der Waals surface area (Å²) >= 11 is 0.284. The third-order valence-corrected chi connectivity index (χ3v) is 6.07. The molecule has 0 aliphatic rings. The molecule has 4 aromatic rings. The van der Waals surface area contributed by atoms with Crippen LogP contribution in [0.3, 0.4) is 0 Å². The van der Waals surface area contributed by atoms with E-state index in [1.54, 1.807) is 0 Å². The summed E-state index contributed by atoms with van der Waals surface area (Å²) in [6.07, 6.45) is 0. The van der Waals surface area contributed by atoms with Gasteiger partial charge in [0, 0.05) is 0 Å². The number of aromatic amines is 1. The normalized spacial score (nSPS) is 10.9. The molecule has 0 radical (unpaired) electrons. The van der Waals surface area contributed by atoms with Gasteiger partial charge in [-0.2, -0.15) is 0 Å². The summed E-state index contributed by atoms with van der Waals surface area (Å²) in [6, 6.07) is 30.0. The number of hydrogen-bond donors (Lipinski definition) is 1. The van der Waals surface area contributed by atoms with Gasteiger partial charge in [-0.3, -0.25) is 0 Å². The molecule has 0 fully saturated rings. The molecule has 106 valence electrons. The van der Waals surface area contributed by atoms with Crippen LogP contribution in [0.25, 0.3) is 22.2 Å². The fourth-order valence-corrected chi connectivity index (χ4v) is 4.92. The van der Waals surface area contributed by atoms with E-state index in [9.17, 15) is 0 Å². The molecule has 4 rings (SSSR count). The van der Waals surface area contributed by atoms with Gasteiger partial charge in [0.05, 0.1) is 0 Å². The van der Waals surface area contributed by atoms with Crippen molar-refractivity contribution in [2.45, 2.75) is 0 Å². The van der Waals surface area contributed by atoms with Crippen molar-refractivity contribution in [1.82, 2.24) is 4.98 Å². The summed E-state index contributed by atoms with van der Waals surface area (Å²) in [4.78, 5) is 3.62. The van der Waals surface area contributed by atoms with E-state index in [-0.39, 0.29) is 15.0 Å². The van der Waals surface area contributed by atoms with E-state index in [1.165, 1.54) is 31.1 Å². The van der Waals surface area contributed by atoms with Crippen molar-refractivity contribution in [3.63, 3.8) is 0 Å². The van der Waals surface area contributed by atoms with E-state index < -0.39 is 0 Å². The van der Waals surface area contributed by atoms with Gasteiger partial charge < -0.3 is 0 Å². The number of nitrogens with one attached hydrogen (secondary N) is 1. The first-order valence-corrected chi connectivity index (χ1v) is 9.02. The molecule has 1 N–H and O–H groups in total. The summed E-state index contributed by atoms with van der Waals surface area (Å²) < 4.78 is 2.83. The number of H-pyrrole nitrogens is 1. The molecular formula is C20H15NSe. The van der Waals surface area contributed by atoms with Crippen LogP contribution in [0.2, 0.25) is 0 Å². The van der Waals surface area contributed by atoms with Crippen molar-refractivity contribution in [2.75, 3.05) is 0 Å². The standard InChI is InChI=1S/C20H15NSe/c1-3-9-15(10-4-1)19-20(22-16-11-5-2-6-12-16)17-13-7-8-14-18(17)21-19/h1-14,21H. The van der Waals surface area contributed by atoms with Crippen LogP contribution in [0, 0.1) is 0 Å². The van der Waals surface area contributed by atoms with Gasteiger partial charge in [0.1, 0.15) is 0 Å². The van der Waals surface area contributed by atoms with Crippen LogP contribution in [0.1, 0.15) is 0 Å². The Morgan fingerprint density at radius 3 is 2.05 bits per heavy atom. The molecule has 0 aliphatic carbocycles. The van der Waals surface area contributed by atoms with Crippen LogP contribution in [-0.2, 0) is 0 Å². The van der Waals surface area contributed by atoms with Crippen molar-refractivity contribution in [3.05, 3.63) is 84.9 Å². The Balaban J connectivity index is 1.91. The van der Waals surface area contributed by atoms with Crippen molar-refractivity contribution >= 4 is 34.8 Å². The molecule has 1 aromatic heterocycles. The SMILES string of the molecule is c1ccc([Se]c2c(-c3ccccc3)[nH]c3ccccc23)cc1. The zero-order chi connectivity index (χ0) is 14.8. The minimum atomic E-state index is 0.284. The Kier molecular flexibility index (Phi) is 3.55. The topological polar surface area (TPSA) is 15.8 Å². The molecule has 2 heteroatoms. The number of benzene rings is 3. The molecule has 0 atom stereocenters. The quantitative estimate of drug-likeness (QED) is 0.546. The van der Waals surface area contributed by atoms with Crippen molar-refractivity contribution < 1.29 is 0 Å². The van der Waals surface area contributed by atoms with Crippen LogP contribution < -0.4 is 8.92 Å². The average Bonchev–Trinajstić information content (AvgIpc) is 2.95. The number of hydrogen-bond acceptors (Lipinski definition) is 0. The zero-order valence-electron chi connectivity index (χ0n) is 12.0. The Labute approximate surface area is 136 Å². The van der Waals surface area contributed by atoms with Crippen LogP contribution in [0.4, 0.5) is 0 Å². The molecule has 1 heterocycles. The van der Waals surface area contributed by atoms with Gasteiger partial charge >= 0.3 is 136 Å². The van der Waals surface area contributed by atoms with Gasteiger partial charge in [-0.15, -0.1) is 0 Å². The summed E-state index contributed by atoms with van der Waals surface area (Å²) in [5.74, 6) is 0. The number of para-hydroxylation sites is 1. The summed E-state index contributed by atoms with van der Waals surface area (Å²) in [5, 5.41) is 1.34. The third kappa shape index (κ3) is 2.48. The first kappa shape index (κ1) is 13.4. The molecule has 0 amide bonds. The van der Waals surface area contributed by atoms with Gasteiger partial charge in [-0.1, -0.05) is 0 Å². The summed E-state index contributed by atoms with van der Waals surface area (Å²) in [6.45, 7) is 0. The van der Waals surface area contributed by atoms with E-state index >= 15 is 0 Å². The van der Waals surface area contributed by atoms with Crippen LogP contribution in [0.15, 0.2) is 84.9 Å². The molecule has 0 bridgehead atoms. The minimum absolute atomic E-state index is 0.284. The van der Waals surface area contributed by atoms with Gasteiger partial charge in [0.15, 0.2) is 0 Å². The van der Waals surface area contributed by atoms with Crippen molar-refractivity contribution in [2.24, 2.45) is 0 Å². The maximum absolute atomic E-state index is 3.62. The maximum atomic E-state index is 3.62. The number of aromatic nitrogens is 1. The Hall–Kier alpha value is -2.28. The zero-order valence-corrected chi connectivity index (χ0v) is 13.7. The van der Waals surface area contributed by atoms with Crippen molar-refractivity contribution in [1.29, 1.82) is 0 Å². The predicted octanol–water partition coefficient (Wildman–Crippen LogP) is 3.49. The Bertz CT molecular complexity index is 895. The first-order chi connectivity index (χ1) is 10.9. The van der Waals surface area contributed by atoms with Crippen LogP contribution in [0.5, 0.6) is 0 Å². The molecule has 22 heavy (non-hydrogen) atoms. The second kappa shape index (κ2) is 5.84. The van der Waals surface area contributed by atoms with Crippen molar-refractivity contribution in [3.8, 4) is 11.3 Å². The third-order valence-electron chi connectivity index (χ3n) is 3.68. The average molecular weight is 348 g/mol. The fourth-order valence-electron chi connectivity index (χ4n) is 2.64. The molecule has 0 unspecified atom stereocenters. The Morgan fingerprint density at radius 2 is 1.27 bits per heavy atom. The van der Waals surface area contributed by atoms with Crippen LogP contribution in [-0.4, -0.2) is 19.9 Å². The van der Waals surface area contributed by atoms with E-state index in [0.29, 0.717) is 0 Å². The molecule has 0 saturated heterocycles. The van der Waals surface area contributed by atoms with Gasteiger partial charge in [0.2, 0.25) is 0 Å². The molecule has 0 saturated carbocycles. The van der Waals surface area contributed by atoms with E-state index in [4.69, 9.17) is 0 Å². The van der Waals surface area contributed by atoms with E-state index in [1.807, 2.05) is 0 Å². The monoisotopic (exact) mass is 349 g/mol. The van der Waals surface area contributed by atoms with E-state index in [0.717, 1.165) is 0 Å². The Morgan fingerprint density at radius 1 is 0.636 bits per heavy atom. The predicted molar refractivity (Wildman–Crippen MR) is 95.2 cm³/mol. The second-order valence-electron chi connectivity index (χ2n) is 5.16. The van der Waals surface area contributed by atoms with Gasteiger partial charge in [-0.05, 0) is 0 Å². The molecule has 3 aromatic carbocycles. The van der Waals surface area contributed by atoms with E-state index in [2.05, 4.69) is 89.9 Å². The van der Waals surface area contributed by atoms with Gasteiger partial charge in [-0.25, -0.2) is 0 Å². The van der Waals surface area contributed by atoms with Crippen LogP contribution >= 0.6 is 0 Å². The fraction of sp³-hybridized carbons (Fsp3) is 0. The second-order valence-corrected chi connectivity index (χ2v) is 7.43. The molecule has 0 spiro atoms. The molecule has 0 aliphatic heterocycles. The molecular weight excluding hydrogens is 333 g/mol. The number of fused-ring (bicyclic) bond motifs is 1. The number of rotatable bonds is 3. The molecule has 1 nitrogen and oxygen atoms in total. The van der Waals surface area contributed by atoms with Gasteiger partial charge in [0.25, 0.3) is 0 Å². The summed E-state index contributed by atoms with van der Waals surface area (Å²) in [7, 11) is 0. The first-order valence-electron chi connectivity index (χ1n) is 7.31. The summed E-state index contributed by atoms with van der Waals surface area (Å²) in [5.41, 5.74) is 3.73.